The topological polar surface area (TPSA) is 32.7 Å². The van der Waals surface area contributed by atoms with Crippen molar-refractivity contribution < 1.29 is 9.84 Å². The van der Waals surface area contributed by atoms with Gasteiger partial charge in [-0.15, -0.1) is 0 Å². The van der Waals surface area contributed by atoms with Gasteiger partial charge in [0.05, 0.1) is 0 Å². The van der Waals surface area contributed by atoms with Gasteiger partial charge in [-0.2, -0.15) is 0 Å². The monoisotopic (exact) mass is 207 g/mol. The van der Waals surface area contributed by atoms with Crippen LogP contribution in [0.4, 0.5) is 0 Å². The highest BCUT2D eigenvalue weighted by atomic mass is 16.5. The number of unbranched alkanes of at least 4 members (excludes halogenated alkanes) is 1. The van der Waals surface area contributed by atoms with E-state index < -0.39 is 0 Å². The first-order valence-corrected chi connectivity index (χ1v) is 5.46. The molecule has 2 rings (SSSR count). The van der Waals surface area contributed by atoms with Gasteiger partial charge in [0.15, 0.2) is 0 Å². The fraction of sp³-hybridized carbons (Fsp3) is 0.500. The van der Waals surface area contributed by atoms with Crippen LogP contribution in [0, 0.1) is 0 Å². The molecule has 0 amide bonds. The highest BCUT2D eigenvalue weighted by Crippen LogP contribution is 2.28. The molecule has 82 valence electrons. The zero-order valence-electron chi connectivity index (χ0n) is 9.07. The lowest BCUT2D eigenvalue weighted by Crippen LogP contribution is -2.32. The van der Waals surface area contributed by atoms with E-state index in [0.29, 0.717) is 12.5 Å². The summed E-state index contributed by atoms with van der Waals surface area (Å²) in [6, 6.07) is 5.29. The van der Waals surface area contributed by atoms with Gasteiger partial charge < -0.3 is 9.84 Å². The summed E-state index contributed by atoms with van der Waals surface area (Å²) >= 11 is 0. The smallest absolute Gasteiger partial charge is 0.142 e. The second-order valence-corrected chi connectivity index (χ2v) is 3.97. The van der Waals surface area contributed by atoms with Crippen molar-refractivity contribution in [3.63, 3.8) is 0 Å². The number of rotatable bonds is 3. The Morgan fingerprint density at radius 3 is 3.13 bits per heavy atom. The van der Waals surface area contributed by atoms with Crippen molar-refractivity contribution in [3.05, 3.63) is 23.8 Å². The minimum atomic E-state index is 0.315. The Bertz CT molecular complexity index is 338. The van der Waals surface area contributed by atoms with Crippen LogP contribution in [-0.4, -0.2) is 23.3 Å². The predicted molar refractivity (Wildman–Crippen MR) is 58.9 cm³/mol. The van der Waals surface area contributed by atoms with Crippen LogP contribution < -0.4 is 4.74 Å². The Balaban J connectivity index is 2.05. The fourth-order valence-electron chi connectivity index (χ4n) is 1.80. The highest BCUT2D eigenvalue weighted by molar-refractivity contribution is 5.40. The third kappa shape index (κ3) is 2.42. The van der Waals surface area contributed by atoms with Crippen molar-refractivity contribution in [2.45, 2.75) is 26.3 Å². The average molecular weight is 207 g/mol. The average Bonchev–Trinajstić information content (AvgIpc) is 2.25. The van der Waals surface area contributed by atoms with Gasteiger partial charge in [0.25, 0.3) is 0 Å². The Kier molecular flexibility index (Phi) is 3.11. The van der Waals surface area contributed by atoms with E-state index in [2.05, 4.69) is 11.8 Å². The van der Waals surface area contributed by atoms with Crippen LogP contribution in [0.1, 0.15) is 25.3 Å². The van der Waals surface area contributed by atoms with Gasteiger partial charge >= 0.3 is 0 Å². The summed E-state index contributed by atoms with van der Waals surface area (Å²) in [7, 11) is 0. The number of fused-ring (bicyclic) bond motifs is 1. The van der Waals surface area contributed by atoms with Gasteiger partial charge in [-0.25, -0.2) is 0 Å². The number of aromatic hydroxyl groups is 1. The fourth-order valence-corrected chi connectivity index (χ4v) is 1.80. The Labute approximate surface area is 90.3 Å². The van der Waals surface area contributed by atoms with Crippen molar-refractivity contribution in [2.24, 2.45) is 0 Å². The van der Waals surface area contributed by atoms with Gasteiger partial charge in [0, 0.05) is 18.7 Å². The maximum absolute atomic E-state index is 9.38. The molecule has 0 atom stereocenters. The van der Waals surface area contributed by atoms with Crippen LogP contribution in [-0.2, 0) is 6.54 Å². The second kappa shape index (κ2) is 4.53. The summed E-state index contributed by atoms with van der Waals surface area (Å²) in [4.78, 5) is 2.26. The van der Waals surface area contributed by atoms with Crippen molar-refractivity contribution in [3.8, 4) is 11.5 Å². The lowest BCUT2D eigenvalue weighted by atomic mass is 10.1. The zero-order valence-corrected chi connectivity index (χ0v) is 9.07. The molecule has 1 aromatic carbocycles. The summed E-state index contributed by atoms with van der Waals surface area (Å²) in [6.07, 6.45) is 2.39. The Morgan fingerprint density at radius 2 is 2.33 bits per heavy atom. The molecule has 1 aliphatic heterocycles. The summed E-state index contributed by atoms with van der Waals surface area (Å²) < 4.78 is 5.60. The Hall–Kier alpha value is -1.22. The number of phenolic OH excluding ortho intramolecular Hbond substituents is 1. The maximum Gasteiger partial charge on any atom is 0.142 e. The molecule has 15 heavy (non-hydrogen) atoms. The summed E-state index contributed by atoms with van der Waals surface area (Å²) in [5.74, 6) is 1.22. The molecule has 0 spiro atoms. The highest BCUT2D eigenvalue weighted by Gasteiger charge is 2.16. The quantitative estimate of drug-likeness (QED) is 0.825. The number of hydrogen-bond acceptors (Lipinski definition) is 3. The second-order valence-electron chi connectivity index (χ2n) is 3.97. The number of benzene rings is 1. The molecule has 0 bridgehead atoms. The summed E-state index contributed by atoms with van der Waals surface area (Å²) in [5.41, 5.74) is 1.08. The van der Waals surface area contributed by atoms with Crippen LogP contribution in [0.5, 0.6) is 11.5 Å². The lowest BCUT2D eigenvalue weighted by Gasteiger charge is -2.28. The SMILES string of the molecule is CCCCN1COc2ccc(O)cc2C1. The van der Waals surface area contributed by atoms with Gasteiger partial charge in [0.2, 0.25) is 0 Å². The van der Waals surface area contributed by atoms with Crippen LogP contribution in [0.15, 0.2) is 18.2 Å². The molecular weight excluding hydrogens is 190 g/mol. The third-order valence-electron chi connectivity index (χ3n) is 2.67. The molecule has 1 aliphatic rings. The van der Waals surface area contributed by atoms with Crippen LogP contribution in [0.25, 0.3) is 0 Å². The predicted octanol–water partition coefficient (Wildman–Crippen LogP) is 2.34. The van der Waals surface area contributed by atoms with Crippen LogP contribution in [0.3, 0.4) is 0 Å². The largest absolute Gasteiger partial charge is 0.508 e. The van der Waals surface area contributed by atoms with Gasteiger partial charge in [-0.05, 0) is 24.6 Å². The molecule has 3 heteroatoms. The van der Waals surface area contributed by atoms with Gasteiger partial charge in [-0.3, -0.25) is 4.90 Å². The molecule has 1 heterocycles. The number of ether oxygens (including phenoxy) is 1. The zero-order chi connectivity index (χ0) is 10.7. The molecule has 0 aliphatic carbocycles. The van der Waals surface area contributed by atoms with E-state index in [9.17, 15) is 5.11 Å². The first-order valence-electron chi connectivity index (χ1n) is 5.46. The molecule has 1 N–H and O–H groups in total. The van der Waals surface area contributed by atoms with E-state index >= 15 is 0 Å². The first-order chi connectivity index (χ1) is 7.29. The number of phenols is 1. The third-order valence-corrected chi connectivity index (χ3v) is 2.67. The van der Waals surface area contributed by atoms with E-state index in [-0.39, 0.29) is 0 Å². The molecule has 0 saturated heterocycles. The van der Waals surface area contributed by atoms with E-state index in [1.165, 1.54) is 12.8 Å². The standard InChI is InChI=1S/C12H17NO2/c1-2-3-6-13-8-10-7-11(14)4-5-12(10)15-9-13/h4-5,7,14H,2-3,6,8-9H2,1H3. The molecule has 0 fully saturated rings. The minimum Gasteiger partial charge on any atom is -0.508 e. The van der Waals surface area contributed by atoms with Crippen molar-refractivity contribution in [1.29, 1.82) is 0 Å². The van der Waals surface area contributed by atoms with Crippen LogP contribution in [0.2, 0.25) is 0 Å². The van der Waals surface area contributed by atoms with Crippen molar-refractivity contribution in [2.75, 3.05) is 13.3 Å². The first kappa shape index (κ1) is 10.3. The molecule has 0 radical (unpaired) electrons. The molecule has 0 saturated carbocycles. The lowest BCUT2D eigenvalue weighted by molar-refractivity contribution is 0.0938. The minimum absolute atomic E-state index is 0.315. The summed E-state index contributed by atoms with van der Waals surface area (Å²) in [6.45, 7) is 4.79. The van der Waals surface area contributed by atoms with E-state index in [0.717, 1.165) is 24.4 Å². The van der Waals surface area contributed by atoms with Crippen molar-refractivity contribution >= 4 is 0 Å². The van der Waals surface area contributed by atoms with Crippen molar-refractivity contribution in [1.82, 2.24) is 4.90 Å². The molecule has 0 unspecified atom stereocenters. The molecular formula is C12H17NO2. The van der Waals surface area contributed by atoms with E-state index in [1.54, 1.807) is 12.1 Å². The molecule has 0 aromatic heterocycles. The van der Waals surface area contributed by atoms with E-state index in [4.69, 9.17) is 4.74 Å². The van der Waals surface area contributed by atoms with Gasteiger partial charge in [0.1, 0.15) is 18.2 Å². The number of nitrogens with zero attached hydrogens (tertiary/aromatic N) is 1. The van der Waals surface area contributed by atoms with Gasteiger partial charge in [-0.1, -0.05) is 13.3 Å². The molecule has 1 aromatic rings. The van der Waals surface area contributed by atoms with Crippen LogP contribution >= 0.6 is 0 Å². The normalized spacial score (nSPS) is 15.8. The summed E-state index contributed by atoms with van der Waals surface area (Å²) in [5, 5.41) is 9.38. The number of hydrogen-bond donors (Lipinski definition) is 1. The van der Waals surface area contributed by atoms with E-state index in [1.807, 2.05) is 6.07 Å². The maximum atomic E-state index is 9.38. The Morgan fingerprint density at radius 1 is 1.47 bits per heavy atom. The molecule has 3 nitrogen and oxygen atoms in total.